The minimum absolute atomic E-state index is 0.0860. The molecule has 0 aliphatic carbocycles. The molecule has 8 heteroatoms. The molecule has 1 saturated heterocycles. The Morgan fingerprint density at radius 3 is 2.52 bits per heavy atom. The largest absolute Gasteiger partial charge is 0.463 e. The zero-order valence-corrected chi connectivity index (χ0v) is 15.7. The Bertz CT molecular complexity index is 868. The van der Waals surface area contributed by atoms with Crippen LogP contribution in [-0.4, -0.2) is 31.5 Å². The van der Waals surface area contributed by atoms with Crippen LogP contribution in [0.5, 0.6) is 0 Å². The minimum atomic E-state index is -3.69. The molecule has 0 saturated carbocycles. The topological polar surface area (TPSA) is 93.6 Å². The van der Waals surface area contributed by atoms with Crippen LogP contribution in [0.3, 0.4) is 0 Å². The van der Waals surface area contributed by atoms with Crippen LogP contribution in [0, 0.1) is 13.8 Å². The number of sulfonamides is 1. The summed E-state index contributed by atoms with van der Waals surface area (Å²) in [5.74, 6) is 2.19. The molecule has 1 aromatic carbocycles. The summed E-state index contributed by atoms with van der Waals surface area (Å²) in [6.45, 7) is 4.45. The Balaban J connectivity index is 1.71. The Kier molecular flexibility index (Phi) is 4.95. The van der Waals surface area contributed by atoms with Gasteiger partial charge in [-0.15, -0.1) is 11.8 Å². The molecule has 2 aromatic rings. The molecule has 2 heterocycles. The number of nitrogens with zero attached hydrogens (tertiary/aromatic N) is 1. The number of carbonyl (C=O) groups is 1. The molecule has 25 heavy (non-hydrogen) atoms. The minimum Gasteiger partial charge on any atom is -0.463 e. The van der Waals surface area contributed by atoms with Crippen molar-refractivity contribution in [2.75, 3.05) is 12.3 Å². The number of nitrogens with two attached hydrogens (primary N) is 1. The summed E-state index contributed by atoms with van der Waals surface area (Å²) in [5.41, 5.74) is 2.02. The predicted molar refractivity (Wildman–Crippen MR) is 96.6 cm³/mol. The second-order valence-electron chi connectivity index (χ2n) is 6.08. The third kappa shape index (κ3) is 3.91. The van der Waals surface area contributed by atoms with Crippen LogP contribution in [0.15, 0.2) is 39.6 Å². The van der Waals surface area contributed by atoms with Crippen LogP contribution in [0.2, 0.25) is 0 Å². The summed E-state index contributed by atoms with van der Waals surface area (Å²) in [6, 6.07) is 8.41. The van der Waals surface area contributed by atoms with Crippen LogP contribution < -0.4 is 5.14 Å². The van der Waals surface area contributed by atoms with Crippen LogP contribution in [0.25, 0.3) is 0 Å². The smallest absolute Gasteiger partial charge is 0.238 e. The molecule has 0 spiro atoms. The summed E-state index contributed by atoms with van der Waals surface area (Å²) in [7, 11) is -3.69. The maximum Gasteiger partial charge on any atom is 0.238 e. The second-order valence-corrected chi connectivity index (χ2v) is 8.71. The number of thioether (sulfide) groups is 1. The maximum absolute atomic E-state index is 12.2. The van der Waals surface area contributed by atoms with Crippen LogP contribution in [0.4, 0.5) is 0 Å². The van der Waals surface area contributed by atoms with Gasteiger partial charge in [0.25, 0.3) is 0 Å². The van der Waals surface area contributed by atoms with Gasteiger partial charge in [-0.2, -0.15) is 0 Å². The first-order valence-electron chi connectivity index (χ1n) is 7.85. The molecule has 2 N–H and O–H groups in total. The van der Waals surface area contributed by atoms with Crippen molar-refractivity contribution in [1.82, 2.24) is 4.90 Å². The molecule has 3 rings (SSSR count). The Morgan fingerprint density at radius 2 is 1.96 bits per heavy atom. The van der Waals surface area contributed by atoms with E-state index in [2.05, 4.69) is 0 Å². The van der Waals surface area contributed by atoms with Gasteiger partial charge in [-0.25, -0.2) is 13.6 Å². The van der Waals surface area contributed by atoms with Gasteiger partial charge in [0.15, 0.2) is 0 Å². The molecule has 1 fully saturated rings. The van der Waals surface area contributed by atoms with E-state index in [4.69, 9.17) is 9.56 Å². The highest BCUT2D eigenvalue weighted by molar-refractivity contribution is 8.00. The highest BCUT2D eigenvalue weighted by Crippen LogP contribution is 2.40. The molecule has 134 valence electrons. The van der Waals surface area contributed by atoms with Gasteiger partial charge >= 0.3 is 0 Å². The Morgan fingerprint density at radius 1 is 1.28 bits per heavy atom. The number of furan rings is 1. The highest BCUT2D eigenvalue weighted by Gasteiger charge is 2.34. The zero-order valence-electron chi connectivity index (χ0n) is 14.1. The molecule has 1 aliphatic rings. The first-order valence-corrected chi connectivity index (χ1v) is 10.4. The van der Waals surface area contributed by atoms with Crippen LogP contribution in [0.1, 0.15) is 28.0 Å². The lowest BCUT2D eigenvalue weighted by Crippen LogP contribution is -2.30. The van der Waals surface area contributed by atoms with Crippen molar-refractivity contribution in [2.45, 2.75) is 30.5 Å². The molecule has 6 nitrogen and oxygen atoms in total. The summed E-state index contributed by atoms with van der Waals surface area (Å²) in [6.07, 6.45) is 0.631. The van der Waals surface area contributed by atoms with Gasteiger partial charge in [0.1, 0.15) is 16.9 Å². The maximum atomic E-state index is 12.2. The van der Waals surface area contributed by atoms with Crippen molar-refractivity contribution < 1.29 is 17.6 Å². The first-order chi connectivity index (χ1) is 11.8. The summed E-state index contributed by atoms with van der Waals surface area (Å²) in [4.78, 5) is 14.1. The summed E-state index contributed by atoms with van der Waals surface area (Å²) in [5, 5.41) is 4.99. The number of amides is 1. The van der Waals surface area contributed by atoms with E-state index in [0.29, 0.717) is 18.7 Å². The van der Waals surface area contributed by atoms with E-state index in [9.17, 15) is 13.2 Å². The van der Waals surface area contributed by atoms with Gasteiger partial charge in [-0.05, 0) is 49.6 Å². The van der Waals surface area contributed by atoms with E-state index in [-0.39, 0.29) is 16.2 Å². The average molecular weight is 380 g/mol. The van der Waals surface area contributed by atoms with Gasteiger partial charge in [0.2, 0.25) is 15.9 Å². The number of primary sulfonamides is 1. The third-order valence-corrected chi connectivity index (χ3v) is 6.44. The van der Waals surface area contributed by atoms with Crippen molar-refractivity contribution >= 4 is 27.7 Å². The lowest BCUT2D eigenvalue weighted by molar-refractivity contribution is -0.128. The standard InChI is InChI=1S/C17H20N2O4S2/c1-11-9-15(23-12(11)2)17-19(16(20)10-24-17)8-7-13-3-5-14(6-4-13)25(18,21)22/h3-6,9,17H,7-8,10H2,1-2H3,(H2,18,21,22). The zero-order chi connectivity index (χ0) is 18.2. The molecule has 1 atom stereocenters. The molecule has 1 unspecified atom stereocenters. The first kappa shape index (κ1) is 18.0. The second kappa shape index (κ2) is 6.86. The van der Waals surface area contributed by atoms with Crippen molar-refractivity contribution in [2.24, 2.45) is 5.14 Å². The number of benzene rings is 1. The summed E-state index contributed by atoms with van der Waals surface area (Å²) < 4.78 is 28.4. The fourth-order valence-electron chi connectivity index (χ4n) is 2.75. The van der Waals surface area contributed by atoms with Crippen molar-refractivity contribution in [3.63, 3.8) is 0 Å². The van der Waals surface area contributed by atoms with E-state index >= 15 is 0 Å². The van der Waals surface area contributed by atoms with Gasteiger partial charge in [0, 0.05) is 6.54 Å². The van der Waals surface area contributed by atoms with E-state index in [0.717, 1.165) is 22.6 Å². The predicted octanol–water partition coefficient (Wildman–Crippen LogP) is 2.36. The van der Waals surface area contributed by atoms with Gasteiger partial charge in [0.05, 0.1) is 10.6 Å². The van der Waals surface area contributed by atoms with Gasteiger partial charge in [-0.3, -0.25) is 4.79 Å². The Hall–Kier alpha value is -1.77. The monoisotopic (exact) mass is 380 g/mol. The molecule has 1 aliphatic heterocycles. The van der Waals surface area contributed by atoms with E-state index in [1.54, 1.807) is 23.9 Å². The Labute approximate surface area is 151 Å². The number of rotatable bonds is 5. The fourth-order valence-corrected chi connectivity index (χ4v) is 4.42. The third-order valence-electron chi connectivity index (χ3n) is 4.29. The summed E-state index contributed by atoms with van der Waals surface area (Å²) >= 11 is 1.56. The average Bonchev–Trinajstić information content (AvgIpc) is 3.08. The van der Waals surface area contributed by atoms with Crippen molar-refractivity contribution in [1.29, 1.82) is 0 Å². The molecule has 0 radical (unpaired) electrons. The molecule has 0 bridgehead atoms. The van der Waals surface area contributed by atoms with Gasteiger partial charge in [-0.1, -0.05) is 12.1 Å². The number of carbonyl (C=O) groups excluding carboxylic acids is 1. The van der Waals surface area contributed by atoms with E-state index < -0.39 is 10.0 Å². The van der Waals surface area contributed by atoms with Crippen LogP contribution in [-0.2, 0) is 21.2 Å². The van der Waals surface area contributed by atoms with Crippen LogP contribution >= 0.6 is 11.8 Å². The van der Waals surface area contributed by atoms with E-state index in [1.165, 1.54) is 12.1 Å². The quantitative estimate of drug-likeness (QED) is 0.859. The molecule has 1 amide bonds. The molecular formula is C17H20N2O4S2. The normalized spacial score (nSPS) is 18.1. The van der Waals surface area contributed by atoms with Gasteiger partial charge < -0.3 is 9.32 Å². The van der Waals surface area contributed by atoms with E-state index in [1.807, 2.05) is 24.8 Å². The van der Waals surface area contributed by atoms with Crippen molar-refractivity contribution in [3.8, 4) is 0 Å². The molecule has 1 aromatic heterocycles. The highest BCUT2D eigenvalue weighted by atomic mass is 32.2. The lowest BCUT2D eigenvalue weighted by Gasteiger charge is -2.22. The SMILES string of the molecule is Cc1cc(C2SCC(=O)N2CCc2ccc(S(N)(=O)=O)cc2)oc1C. The lowest BCUT2D eigenvalue weighted by atomic mass is 10.1. The molecular weight excluding hydrogens is 360 g/mol. The number of hydrogen-bond acceptors (Lipinski definition) is 5. The fraction of sp³-hybridized carbons (Fsp3) is 0.353. The van der Waals surface area contributed by atoms with Crippen molar-refractivity contribution in [3.05, 3.63) is 53.0 Å². The number of aryl methyl sites for hydroxylation is 2. The number of hydrogen-bond donors (Lipinski definition) is 1.